The molecule has 1 aromatic rings. The lowest BCUT2D eigenvalue weighted by atomic mass is 9.95. The van der Waals surface area contributed by atoms with Crippen molar-refractivity contribution in [1.29, 1.82) is 0 Å². The van der Waals surface area contributed by atoms with Crippen LogP contribution in [0.15, 0.2) is 24.3 Å². The Morgan fingerprint density at radius 2 is 1.90 bits per heavy atom. The van der Waals surface area contributed by atoms with Crippen molar-refractivity contribution in [3.63, 3.8) is 0 Å². The average molecular weight is 274 g/mol. The molecule has 0 spiro atoms. The van der Waals surface area contributed by atoms with Crippen molar-refractivity contribution in [1.82, 2.24) is 9.80 Å². The van der Waals surface area contributed by atoms with Crippen LogP contribution in [0.25, 0.3) is 0 Å². The van der Waals surface area contributed by atoms with E-state index in [1.165, 1.54) is 16.0 Å². The Kier molecular flexibility index (Phi) is 3.44. The van der Waals surface area contributed by atoms with Crippen molar-refractivity contribution in [2.75, 3.05) is 19.6 Å². The number of carboxylic acid groups (broad SMARTS) is 1. The summed E-state index contributed by atoms with van der Waals surface area (Å²) >= 11 is 0. The summed E-state index contributed by atoms with van der Waals surface area (Å²) in [5.41, 5.74) is 2.64. The molecule has 1 amide bonds. The maximum atomic E-state index is 12.2. The first-order valence-electron chi connectivity index (χ1n) is 6.96. The number of likely N-dealkylation sites (tertiary alicyclic amines) is 1. The quantitative estimate of drug-likeness (QED) is 0.840. The number of Topliss-reactive ketones (excluding diaryl/α,β-unsaturated/α-hetero) is 1. The lowest BCUT2D eigenvalue weighted by Gasteiger charge is -2.38. The van der Waals surface area contributed by atoms with Crippen LogP contribution in [-0.2, 0) is 17.8 Å². The summed E-state index contributed by atoms with van der Waals surface area (Å²) in [6, 6.07) is 8.20. The molecular formula is C15H18N2O3. The minimum atomic E-state index is -0.999. The molecular weight excluding hydrogens is 256 g/mol. The van der Waals surface area contributed by atoms with Crippen LogP contribution >= 0.6 is 0 Å². The second-order valence-electron chi connectivity index (χ2n) is 5.46. The SMILES string of the molecule is O=C1CN(C(=O)O)CCC1N1CCc2ccccc2C1. The van der Waals surface area contributed by atoms with Crippen LogP contribution in [0, 0.1) is 0 Å². The highest BCUT2D eigenvalue weighted by atomic mass is 16.4. The monoisotopic (exact) mass is 274 g/mol. The third kappa shape index (κ3) is 2.41. The fourth-order valence-corrected chi connectivity index (χ4v) is 3.14. The number of piperidine rings is 1. The molecule has 0 bridgehead atoms. The van der Waals surface area contributed by atoms with Gasteiger partial charge in [0.15, 0.2) is 5.78 Å². The largest absolute Gasteiger partial charge is 0.465 e. The molecule has 5 heteroatoms. The van der Waals surface area contributed by atoms with Gasteiger partial charge in [0, 0.05) is 19.6 Å². The summed E-state index contributed by atoms with van der Waals surface area (Å²) in [5, 5.41) is 8.94. The van der Waals surface area contributed by atoms with E-state index in [9.17, 15) is 9.59 Å². The van der Waals surface area contributed by atoms with Gasteiger partial charge in [0.05, 0.1) is 12.6 Å². The van der Waals surface area contributed by atoms with Gasteiger partial charge in [-0.05, 0) is 24.0 Å². The number of rotatable bonds is 1. The van der Waals surface area contributed by atoms with Crippen LogP contribution in [0.5, 0.6) is 0 Å². The lowest BCUT2D eigenvalue weighted by molar-refractivity contribution is -0.128. The number of carbonyl (C=O) groups excluding carboxylic acids is 1. The van der Waals surface area contributed by atoms with Gasteiger partial charge in [-0.1, -0.05) is 24.3 Å². The van der Waals surface area contributed by atoms with Crippen LogP contribution in [0.2, 0.25) is 0 Å². The van der Waals surface area contributed by atoms with Gasteiger partial charge in [-0.3, -0.25) is 9.69 Å². The van der Waals surface area contributed by atoms with Crippen molar-refractivity contribution in [2.45, 2.75) is 25.4 Å². The van der Waals surface area contributed by atoms with Crippen molar-refractivity contribution < 1.29 is 14.7 Å². The molecule has 20 heavy (non-hydrogen) atoms. The Labute approximate surface area is 117 Å². The Balaban J connectivity index is 1.70. The standard InChI is InChI=1S/C15H18N2O3/c18-14-10-17(15(19)20)8-6-13(14)16-7-5-11-3-1-2-4-12(11)9-16/h1-4,13H,5-10H2,(H,19,20). The fourth-order valence-electron chi connectivity index (χ4n) is 3.14. The summed E-state index contributed by atoms with van der Waals surface area (Å²) in [6.45, 7) is 2.14. The molecule has 2 aliphatic rings. The lowest BCUT2D eigenvalue weighted by Crippen LogP contribution is -2.53. The first-order valence-corrected chi connectivity index (χ1v) is 6.96. The fraction of sp³-hybridized carbons (Fsp3) is 0.467. The van der Waals surface area contributed by atoms with Gasteiger partial charge >= 0.3 is 6.09 Å². The Hall–Kier alpha value is -1.88. The zero-order valence-electron chi connectivity index (χ0n) is 11.3. The molecule has 1 N–H and O–H groups in total. The first-order chi connectivity index (χ1) is 9.65. The summed E-state index contributed by atoms with van der Waals surface area (Å²) < 4.78 is 0. The van der Waals surface area contributed by atoms with E-state index in [1.54, 1.807) is 0 Å². The van der Waals surface area contributed by atoms with Crippen molar-refractivity contribution in [2.24, 2.45) is 0 Å². The molecule has 2 aliphatic heterocycles. The zero-order chi connectivity index (χ0) is 14.1. The second-order valence-corrected chi connectivity index (χ2v) is 5.46. The van der Waals surface area contributed by atoms with Gasteiger partial charge in [0.2, 0.25) is 0 Å². The van der Waals surface area contributed by atoms with E-state index >= 15 is 0 Å². The van der Waals surface area contributed by atoms with Crippen LogP contribution in [0.1, 0.15) is 17.5 Å². The van der Waals surface area contributed by atoms with Gasteiger partial charge in [-0.2, -0.15) is 0 Å². The van der Waals surface area contributed by atoms with E-state index in [-0.39, 0.29) is 18.4 Å². The molecule has 1 aromatic carbocycles. The third-order valence-electron chi connectivity index (χ3n) is 4.26. The van der Waals surface area contributed by atoms with E-state index < -0.39 is 6.09 Å². The summed E-state index contributed by atoms with van der Waals surface area (Å²) in [7, 11) is 0. The first kappa shape index (κ1) is 13.1. The molecule has 2 heterocycles. The number of ketones is 1. The predicted octanol–water partition coefficient (Wildman–Crippen LogP) is 1.37. The van der Waals surface area contributed by atoms with Crippen molar-refractivity contribution in [3.8, 4) is 0 Å². The van der Waals surface area contributed by atoms with Crippen molar-refractivity contribution >= 4 is 11.9 Å². The highest BCUT2D eigenvalue weighted by Gasteiger charge is 2.34. The van der Waals surface area contributed by atoms with E-state index in [1.807, 2.05) is 12.1 Å². The van der Waals surface area contributed by atoms with Crippen molar-refractivity contribution in [3.05, 3.63) is 35.4 Å². The summed E-state index contributed by atoms with van der Waals surface area (Å²) in [6.07, 6.45) is 0.566. The molecule has 1 unspecified atom stereocenters. The molecule has 0 aromatic heterocycles. The summed E-state index contributed by atoms with van der Waals surface area (Å²) in [4.78, 5) is 26.5. The number of nitrogens with zero attached hydrogens (tertiary/aromatic N) is 2. The third-order valence-corrected chi connectivity index (χ3v) is 4.26. The predicted molar refractivity (Wildman–Crippen MR) is 73.6 cm³/mol. The average Bonchev–Trinajstić information content (AvgIpc) is 2.46. The minimum Gasteiger partial charge on any atom is -0.465 e. The molecule has 0 aliphatic carbocycles. The normalized spacial score (nSPS) is 23.5. The number of hydrogen-bond donors (Lipinski definition) is 1. The maximum absolute atomic E-state index is 12.2. The van der Waals surface area contributed by atoms with Gasteiger partial charge in [0.25, 0.3) is 0 Å². The van der Waals surface area contributed by atoms with Gasteiger partial charge in [0.1, 0.15) is 0 Å². The Bertz CT molecular complexity index is 544. The minimum absolute atomic E-state index is 0.0259. The molecule has 0 saturated carbocycles. The van der Waals surface area contributed by atoms with Gasteiger partial charge < -0.3 is 10.0 Å². The smallest absolute Gasteiger partial charge is 0.407 e. The summed E-state index contributed by atoms with van der Waals surface area (Å²) in [5.74, 6) is 0.0260. The van der Waals surface area contributed by atoms with E-state index in [4.69, 9.17) is 5.11 Å². The molecule has 3 rings (SSSR count). The number of carbonyl (C=O) groups is 2. The van der Waals surface area contributed by atoms with Crippen LogP contribution in [0.3, 0.4) is 0 Å². The molecule has 1 atom stereocenters. The molecule has 1 saturated heterocycles. The number of benzene rings is 1. The Morgan fingerprint density at radius 3 is 2.60 bits per heavy atom. The van der Waals surface area contributed by atoms with Crippen LogP contribution in [0.4, 0.5) is 4.79 Å². The van der Waals surface area contributed by atoms with E-state index in [0.29, 0.717) is 13.0 Å². The molecule has 0 radical (unpaired) electrons. The number of amides is 1. The highest BCUT2D eigenvalue weighted by molar-refractivity contribution is 5.89. The Morgan fingerprint density at radius 1 is 1.15 bits per heavy atom. The van der Waals surface area contributed by atoms with Crippen LogP contribution in [-0.4, -0.2) is 52.5 Å². The molecule has 5 nitrogen and oxygen atoms in total. The van der Waals surface area contributed by atoms with Gasteiger partial charge in [-0.25, -0.2) is 4.79 Å². The van der Waals surface area contributed by atoms with E-state index in [0.717, 1.165) is 19.5 Å². The maximum Gasteiger partial charge on any atom is 0.407 e. The molecule has 106 valence electrons. The second kappa shape index (κ2) is 5.25. The van der Waals surface area contributed by atoms with Gasteiger partial charge in [-0.15, -0.1) is 0 Å². The molecule has 1 fully saturated rings. The topological polar surface area (TPSA) is 60.9 Å². The van der Waals surface area contributed by atoms with Crippen LogP contribution < -0.4 is 0 Å². The number of hydrogen-bond acceptors (Lipinski definition) is 3. The van der Waals surface area contributed by atoms with E-state index in [2.05, 4.69) is 17.0 Å². The zero-order valence-corrected chi connectivity index (χ0v) is 11.3. The highest BCUT2D eigenvalue weighted by Crippen LogP contribution is 2.23. The number of fused-ring (bicyclic) bond motifs is 1.